The number of pyridine rings is 1. The van der Waals surface area contributed by atoms with Gasteiger partial charge in [-0.15, -0.1) is 0 Å². The monoisotopic (exact) mass is 489 g/mol. The highest BCUT2D eigenvalue weighted by molar-refractivity contribution is 5.92. The normalized spacial score (nSPS) is 14.1. The maximum atomic E-state index is 13.0. The van der Waals surface area contributed by atoms with Gasteiger partial charge < -0.3 is 19.3 Å². The minimum absolute atomic E-state index is 0.00355. The molecule has 1 saturated heterocycles. The molecule has 3 aromatic rings. The summed E-state index contributed by atoms with van der Waals surface area (Å²) in [5.41, 5.74) is -1.03. The van der Waals surface area contributed by atoms with Crippen LogP contribution in [-0.2, 0) is 15.7 Å². The summed E-state index contributed by atoms with van der Waals surface area (Å²) < 4.78 is 50.4. The van der Waals surface area contributed by atoms with E-state index in [0.29, 0.717) is 26.2 Å². The molecule has 2 aromatic heterocycles. The highest BCUT2D eigenvalue weighted by Crippen LogP contribution is 2.31. The van der Waals surface area contributed by atoms with Gasteiger partial charge in [0.25, 0.3) is 5.91 Å². The van der Waals surface area contributed by atoms with Crippen LogP contribution >= 0.6 is 0 Å². The van der Waals surface area contributed by atoms with Crippen LogP contribution in [0.4, 0.5) is 19.0 Å². The summed E-state index contributed by atoms with van der Waals surface area (Å²) in [6.45, 7) is 1.57. The molecule has 1 fully saturated rings. The van der Waals surface area contributed by atoms with Gasteiger partial charge in [0.2, 0.25) is 5.69 Å². The van der Waals surface area contributed by atoms with Crippen LogP contribution in [0.2, 0.25) is 0 Å². The summed E-state index contributed by atoms with van der Waals surface area (Å²) in [5.74, 6) is -0.457. The number of hydrogen-bond acceptors (Lipinski definition) is 7. The van der Waals surface area contributed by atoms with Crippen molar-refractivity contribution in [1.29, 1.82) is 0 Å². The molecular weight excluding hydrogens is 467 g/mol. The van der Waals surface area contributed by atoms with E-state index in [-0.39, 0.29) is 23.0 Å². The Labute approximate surface area is 198 Å². The van der Waals surface area contributed by atoms with Crippen LogP contribution < -0.4 is 9.64 Å². The van der Waals surface area contributed by atoms with Gasteiger partial charge >= 0.3 is 12.1 Å². The summed E-state index contributed by atoms with van der Waals surface area (Å²) in [7, 11) is 1.29. The van der Waals surface area contributed by atoms with Gasteiger partial charge in [0.1, 0.15) is 5.82 Å². The molecule has 0 radical (unpaired) electrons. The van der Waals surface area contributed by atoms with Gasteiger partial charge in [-0.05, 0) is 30.3 Å². The third kappa shape index (κ3) is 5.53. The number of carbonyl (C=O) groups is 2. The molecule has 9 nitrogen and oxygen atoms in total. The van der Waals surface area contributed by atoms with E-state index < -0.39 is 24.3 Å². The van der Waals surface area contributed by atoms with Gasteiger partial charge in [-0.1, -0.05) is 12.1 Å². The van der Waals surface area contributed by atoms with E-state index in [2.05, 4.69) is 15.0 Å². The minimum Gasteiger partial charge on any atom is -0.493 e. The number of nitrogens with zero attached hydrogens (tertiary/aromatic N) is 5. The molecule has 0 saturated carbocycles. The predicted molar refractivity (Wildman–Crippen MR) is 118 cm³/mol. The van der Waals surface area contributed by atoms with Gasteiger partial charge in [0.05, 0.1) is 24.6 Å². The number of alkyl halides is 3. The molecule has 0 bridgehead atoms. The largest absolute Gasteiger partial charge is 0.493 e. The molecule has 1 aromatic carbocycles. The lowest BCUT2D eigenvalue weighted by atomic mass is 10.2. The predicted octanol–water partition coefficient (Wildman–Crippen LogP) is 2.80. The van der Waals surface area contributed by atoms with E-state index in [1.807, 2.05) is 18.2 Å². The molecule has 1 aliphatic heterocycles. The Morgan fingerprint density at radius 3 is 2.49 bits per heavy atom. The van der Waals surface area contributed by atoms with Crippen LogP contribution in [0.25, 0.3) is 5.69 Å². The maximum Gasteiger partial charge on any atom is 0.416 e. The van der Waals surface area contributed by atoms with Gasteiger partial charge in [-0.2, -0.15) is 18.3 Å². The number of hydrogen-bond donors (Lipinski definition) is 0. The van der Waals surface area contributed by atoms with Crippen molar-refractivity contribution in [3.8, 4) is 11.4 Å². The maximum absolute atomic E-state index is 13.0. The Morgan fingerprint density at radius 1 is 1.06 bits per heavy atom. The standard InChI is InChI=1S/C23H22F3N5O4/c1-34-18-14-31(17-6-4-5-16(13-17)23(24,25)26)28-21(18)22(33)35-15-20(32)30-11-9-29(10-12-30)19-7-2-3-8-27-19/h2-8,13-14H,9-12,15H2,1H3. The number of methoxy groups -OCH3 is 1. The van der Waals surface area contributed by atoms with Crippen molar-refractivity contribution in [2.24, 2.45) is 0 Å². The lowest BCUT2D eigenvalue weighted by molar-refractivity contribution is -0.137. The molecule has 184 valence electrons. The fourth-order valence-electron chi connectivity index (χ4n) is 3.62. The van der Waals surface area contributed by atoms with Crippen molar-refractivity contribution in [3.63, 3.8) is 0 Å². The molecule has 35 heavy (non-hydrogen) atoms. The van der Waals surface area contributed by atoms with Crippen molar-refractivity contribution in [2.45, 2.75) is 6.18 Å². The highest BCUT2D eigenvalue weighted by atomic mass is 19.4. The quantitative estimate of drug-likeness (QED) is 0.492. The Morgan fingerprint density at radius 2 is 1.83 bits per heavy atom. The number of rotatable bonds is 6. The summed E-state index contributed by atoms with van der Waals surface area (Å²) >= 11 is 0. The second kappa shape index (κ2) is 10.0. The van der Waals surface area contributed by atoms with Crippen molar-refractivity contribution in [1.82, 2.24) is 19.7 Å². The number of ether oxygens (including phenoxy) is 2. The number of aromatic nitrogens is 3. The molecule has 4 rings (SSSR count). The van der Waals surface area contributed by atoms with Gasteiger partial charge in [-0.25, -0.2) is 14.5 Å². The smallest absolute Gasteiger partial charge is 0.416 e. The van der Waals surface area contributed by atoms with Crippen LogP contribution in [0, 0.1) is 0 Å². The molecule has 1 amide bonds. The van der Waals surface area contributed by atoms with E-state index in [9.17, 15) is 22.8 Å². The molecule has 12 heteroatoms. The fourth-order valence-corrected chi connectivity index (χ4v) is 3.62. The lowest BCUT2D eigenvalue weighted by Crippen LogP contribution is -2.50. The number of piperazine rings is 1. The zero-order chi connectivity index (χ0) is 25.0. The number of amides is 1. The Balaban J connectivity index is 1.37. The van der Waals surface area contributed by atoms with E-state index in [0.717, 1.165) is 22.6 Å². The van der Waals surface area contributed by atoms with Gasteiger partial charge in [-0.3, -0.25) is 4.79 Å². The molecule has 0 N–H and O–H groups in total. The first kappa shape index (κ1) is 24.0. The van der Waals surface area contributed by atoms with Crippen LogP contribution in [0.3, 0.4) is 0 Å². The first-order valence-corrected chi connectivity index (χ1v) is 10.7. The number of esters is 1. The van der Waals surface area contributed by atoms with Crippen molar-refractivity contribution in [2.75, 3.05) is 44.8 Å². The SMILES string of the molecule is COc1cn(-c2cccc(C(F)(F)F)c2)nc1C(=O)OCC(=O)N1CCN(c2ccccn2)CC1. The summed E-state index contributed by atoms with van der Waals surface area (Å²) in [6, 6.07) is 10.1. The van der Waals surface area contributed by atoms with Crippen LogP contribution in [0.1, 0.15) is 16.1 Å². The summed E-state index contributed by atoms with van der Waals surface area (Å²) in [5, 5.41) is 4.02. The van der Waals surface area contributed by atoms with Crippen LogP contribution in [-0.4, -0.2) is 71.4 Å². The zero-order valence-corrected chi connectivity index (χ0v) is 18.7. The van der Waals surface area contributed by atoms with Crippen LogP contribution in [0.15, 0.2) is 54.9 Å². The summed E-state index contributed by atoms with van der Waals surface area (Å²) in [4.78, 5) is 33.1. The number of anilines is 1. The molecule has 0 aliphatic carbocycles. The van der Waals surface area contributed by atoms with Gasteiger partial charge in [0, 0.05) is 32.4 Å². The fraction of sp³-hybridized carbons (Fsp3) is 0.304. The average Bonchev–Trinajstić information content (AvgIpc) is 3.32. The Bertz CT molecular complexity index is 1190. The second-order valence-electron chi connectivity index (χ2n) is 7.67. The highest BCUT2D eigenvalue weighted by Gasteiger charge is 2.31. The number of halogens is 3. The molecule has 0 spiro atoms. The molecule has 1 aliphatic rings. The van der Waals surface area contributed by atoms with E-state index in [1.165, 1.54) is 25.4 Å². The van der Waals surface area contributed by atoms with Crippen molar-refractivity contribution < 1.29 is 32.2 Å². The minimum atomic E-state index is -4.53. The summed E-state index contributed by atoms with van der Waals surface area (Å²) in [6.07, 6.45) is -1.56. The molecule has 0 atom stereocenters. The molecule has 3 heterocycles. The van der Waals surface area contributed by atoms with Crippen molar-refractivity contribution >= 4 is 17.7 Å². The van der Waals surface area contributed by atoms with E-state index in [1.54, 1.807) is 11.1 Å². The number of benzene rings is 1. The molecule has 0 unspecified atom stereocenters. The number of carbonyl (C=O) groups excluding carboxylic acids is 2. The zero-order valence-electron chi connectivity index (χ0n) is 18.7. The third-order valence-corrected chi connectivity index (χ3v) is 5.46. The lowest BCUT2D eigenvalue weighted by Gasteiger charge is -2.35. The Kier molecular flexibility index (Phi) is 6.90. The third-order valence-electron chi connectivity index (χ3n) is 5.46. The second-order valence-corrected chi connectivity index (χ2v) is 7.67. The molecular formula is C23H22F3N5O4. The van der Waals surface area contributed by atoms with Gasteiger partial charge in [0.15, 0.2) is 12.4 Å². The Hall–Kier alpha value is -4.09. The average molecular weight is 489 g/mol. The topological polar surface area (TPSA) is 89.8 Å². The van der Waals surface area contributed by atoms with Crippen LogP contribution in [0.5, 0.6) is 5.75 Å². The van der Waals surface area contributed by atoms with Crippen molar-refractivity contribution in [3.05, 3.63) is 66.1 Å². The first-order chi connectivity index (χ1) is 16.8. The first-order valence-electron chi connectivity index (χ1n) is 10.7. The van der Waals surface area contributed by atoms with E-state index >= 15 is 0 Å². The van der Waals surface area contributed by atoms with E-state index in [4.69, 9.17) is 9.47 Å².